The van der Waals surface area contributed by atoms with E-state index in [9.17, 15) is 9.59 Å². The van der Waals surface area contributed by atoms with Gasteiger partial charge in [-0.05, 0) is 45.4 Å². The van der Waals surface area contributed by atoms with Gasteiger partial charge in [-0.1, -0.05) is 41.9 Å². The van der Waals surface area contributed by atoms with Gasteiger partial charge < -0.3 is 19.4 Å². The van der Waals surface area contributed by atoms with Crippen molar-refractivity contribution in [3.05, 3.63) is 50.6 Å². The Kier molecular flexibility index (Phi) is 9.85. The minimum absolute atomic E-state index is 0.0924. The number of benzene rings is 1. The summed E-state index contributed by atoms with van der Waals surface area (Å²) in [5.74, 6) is 0.435. The monoisotopic (exact) mass is 556 g/mol. The van der Waals surface area contributed by atoms with Gasteiger partial charge in [0.15, 0.2) is 17.1 Å². The molecule has 0 saturated heterocycles. The molecule has 1 atom stereocenters. The summed E-state index contributed by atoms with van der Waals surface area (Å²) in [5, 5.41) is 13.4. The molecule has 2 heterocycles. The van der Waals surface area contributed by atoms with Crippen LogP contribution in [0.5, 0.6) is 5.75 Å². The van der Waals surface area contributed by atoms with Crippen LogP contribution in [0.25, 0.3) is 0 Å². The molecular weight excluding hydrogens is 531 g/mol. The average molecular weight is 558 g/mol. The van der Waals surface area contributed by atoms with E-state index in [1.807, 2.05) is 25.3 Å². The molecular formula is C23H26Cl2N4O4S2. The van der Waals surface area contributed by atoms with E-state index in [1.54, 1.807) is 31.2 Å². The summed E-state index contributed by atoms with van der Waals surface area (Å²) >= 11 is 14.9. The van der Waals surface area contributed by atoms with Crippen molar-refractivity contribution in [3.8, 4) is 5.75 Å². The lowest BCUT2D eigenvalue weighted by atomic mass is 10.2. The number of halogens is 2. The van der Waals surface area contributed by atoms with Gasteiger partial charge in [0.1, 0.15) is 10.8 Å². The van der Waals surface area contributed by atoms with E-state index in [-0.39, 0.29) is 18.3 Å². The molecule has 0 aliphatic heterocycles. The fourth-order valence-electron chi connectivity index (χ4n) is 3.18. The van der Waals surface area contributed by atoms with Crippen molar-refractivity contribution in [2.45, 2.75) is 51.9 Å². The molecule has 12 heteroatoms. The highest BCUT2D eigenvalue weighted by Gasteiger charge is 2.22. The van der Waals surface area contributed by atoms with Crippen LogP contribution in [-0.2, 0) is 22.5 Å². The van der Waals surface area contributed by atoms with Crippen molar-refractivity contribution < 1.29 is 19.1 Å². The van der Waals surface area contributed by atoms with Crippen molar-refractivity contribution in [1.82, 2.24) is 14.8 Å². The van der Waals surface area contributed by atoms with Crippen molar-refractivity contribution in [2.75, 3.05) is 17.7 Å². The zero-order valence-electron chi connectivity index (χ0n) is 19.8. The number of aromatic nitrogens is 3. The number of aryl methyl sites for hydroxylation is 1. The number of thioether (sulfide) groups is 1. The fourth-order valence-corrected chi connectivity index (χ4v) is 5.31. The maximum absolute atomic E-state index is 12.7. The Balaban J connectivity index is 1.68. The van der Waals surface area contributed by atoms with Gasteiger partial charge >= 0.3 is 5.97 Å². The Morgan fingerprint density at radius 1 is 1.20 bits per heavy atom. The zero-order chi connectivity index (χ0) is 25.5. The van der Waals surface area contributed by atoms with Gasteiger partial charge in [-0.15, -0.1) is 21.5 Å². The maximum Gasteiger partial charge on any atom is 0.341 e. The van der Waals surface area contributed by atoms with Gasteiger partial charge in [0.05, 0.1) is 22.9 Å². The van der Waals surface area contributed by atoms with Crippen LogP contribution in [0.2, 0.25) is 10.0 Å². The molecule has 0 radical (unpaired) electrons. The molecule has 0 aliphatic carbocycles. The summed E-state index contributed by atoms with van der Waals surface area (Å²) in [5.41, 5.74) is 0.372. The second-order valence-electron chi connectivity index (χ2n) is 7.29. The molecule has 3 aromatic rings. The number of anilines is 1. The molecule has 3 rings (SSSR count). The Bertz CT molecular complexity index is 1200. The van der Waals surface area contributed by atoms with Gasteiger partial charge in [0, 0.05) is 22.5 Å². The van der Waals surface area contributed by atoms with Crippen LogP contribution in [0.15, 0.2) is 29.4 Å². The predicted octanol–water partition coefficient (Wildman–Crippen LogP) is 6.28. The van der Waals surface area contributed by atoms with Gasteiger partial charge in [0.25, 0.3) is 0 Å². The van der Waals surface area contributed by atoms with E-state index >= 15 is 0 Å². The minimum Gasteiger partial charge on any atom is -0.481 e. The third-order valence-electron chi connectivity index (χ3n) is 4.83. The second-order valence-corrected chi connectivity index (χ2v) is 10.2. The summed E-state index contributed by atoms with van der Waals surface area (Å²) in [7, 11) is 0. The van der Waals surface area contributed by atoms with E-state index in [4.69, 9.17) is 32.7 Å². The number of esters is 1. The van der Waals surface area contributed by atoms with E-state index in [2.05, 4.69) is 15.5 Å². The number of thiophene rings is 1. The van der Waals surface area contributed by atoms with E-state index < -0.39 is 12.1 Å². The van der Waals surface area contributed by atoms with Crippen LogP contribution in [0.4, 0.5) is 5.00 Å². The molecule has 0 saturated carbocycles. The Morgan fingerprint density at radius 2 is 1.97 bits per heavy atom. The zero-order valence-corrected chi connectivity index (χ0v) is 22.9. The highest BCUT2D eigenvalue weighted by atomic mass is 35.5. The number of carbonyl (C=O) groups is 2. The van der Waals surface area contributed by atoms with E-state index in [0.717, 1.165) is 11.3 Å². The second kappa shape index (κ2) is 12.6. The topological polar surface area (TPSA) is 95.3 Å². The number of amides is 1. The molecule has 1 amide bonds. The Hall–Kier alpha value is -2.27. The minimum atomic E-state index is -0.452. The Morgan fingerprint density at radius 3 is 2.66 bits per heavy atom. The smallest absolute Gasteiger partial charge is 0.341 e. The van der Waals surface area contributed by atoms with Crippen molar-refractivity contribution >= 4 is 63.2 Å². The molecule has 8 nitrogen and oxygen atoms in total. The molecule has 35 heavy (non-hydrogen) atoms. The first kappa shape index (κ1) is 27.3. The van der Waals surface area contributed by atoms with Gasteiger partial charge in [0.2, 0.25) is 5.91 Å². The molecule has 1 aromatic carbocycles. The van der Waals surface area contributed by atoms with Crippen molar-refractivity contribution in [2.24, 2.45) is 0 Å². The summed E-state index contributed by atoms with van der Waals surface area (Å²) in [6.45, 7) is 8.38. The number of hydrogen-bond donors (Lipinski definition) is 1. The largest absolute Gasteiger partial charge is 0.481 e. The third-order valence-corrected chi connectivity index (χ3v) is 7.54. The number of nitrogens with one attached hydrogen (secondary N) is 1. The lowest BCUT2D eigenvalue weighted by Gasteiger charge is -2.16. The highest BCUT2D eigenvalue weighted by Crippen LogP contribution is 2.33. The van der Waals surface area contributed by atoms with Crippen LogP contribution in [0.1, 0.15) is 54.9 Å². The van der Waals surface area contributed by atoms with Gasteiger partial charge in [-0.2, -0.15) is 0 Å². The van der Waals surface area contributed by atoms with Crippen LogP contribution >= 0.6 is 46.3 Å². The Labute approximate surface area is 222 Å². The SMILES string of the molecule is CCOC(=O)c1cc(CC)sc1NC(=O)CSc1nnc(C(C)Oc2cc(Cl)ccc2Cl)n1CC. The average Bonchev–Trinajstić information content (AvgIpc) is 3.43. The molecule has 0 bridgehead atoms. The van der Waals surface area contributed by atoms with Crippen LogP contribution in [0, 0.1) is 0 Å². The third kappa shape index (κ3) is 6.91. The molecule has 0 spiro atoms. The number of ether oxygens (including phenoxy) is 2. The summed E-state index contributed by atoms with van der Waals surface area (Å²) in [6.07, 6.45) is 0.303. The number of rotatable bonds is 11. The van der Waals surface area contributed by atoms with E-state index in [1.165, 1.54) is 23.1 Å². The first-order chi connectivity index (χ1) is 16.8. The fraction of sp³-hybridized carbons (Fsp3) is 0.391. The summed E-state index contributed by atoms with van der Waals surface area (Å²) in [6, 6.07) is 6.76. The first-order valence-electron chi connectivity index (χ1n) is 11.0. The maximum atomic E-state index is 12.7. The van der Waals surface area contributed by atoms with Crippen LogP contribution in [0.3, 0.4) is 0 Å². The molecule has 2 aromatic heterocycles. The van der Waals surface area contributed by atoms with Crippen LogP contribution in [-0.4, -0.2) is 39.0 Å². The lowest BCUT2D eigenvalue weighted by Crippen LogP contribution is -2.16. The quantitative estimate of drug-likeness (QED) is 0.219. The number of hydrogen-bond acceptors (Lipinski definition) is 8. The number of nitrogens with zero attached hydrogens (tertiary/aromatic N) is 3. The number of carbonyl (C=O) groups excluding carboxylic acids is 2. The van der Waals surface area contributed by atoms with E-state index in [0.29, 0.717) is 43.9 Å². The predicted molar refractivity (Wildman–Crippen MR) is 140 cm³/mol. The normalized spacial score (nSPS) is 11.8. The summed E-state index contributed by atoms with van der Waals surface area (Å²) in [4.78, 5) is 25.9. The molecule has 1 unspecified atom stereocenters. The molecule has 0 fully saturated rings. The van der Waals surface area contributed by atoms with Crippen molar-refractivity contribution in [3.63, 3.8) is 0 Å². The van der Waals surface area contributed by atoms with Crippen molar-refractivity contribution in [1.29, 1.82) is 0 Å². The summed E-state index contributed by atoms with van der Waals surface area (Å²) < 4.78 is 13.0. The molecule has 0 aliphatic rings. The highest BCUT2D eigenvalue weighted by molar-refractivity contribution is 7.99. The lowest BCUT2D eigenvalue weighted by molar-refractivity contribution is -0.113. The first-order valence-corrected chi connectivity index (χ1v) is 13.6. The van der Waals surface area contributed by atoms with Gasteiger partial charge in [-0.3, -0.25) is 4.79 Å². The standard InChI is InChI=1S/C23H26Cl2N4O4S2/c1-5-15-11-16(22(31)32-7-3)21(35-15)26-19(30)12-34-23-28-27-20(29(23)6-2)13(4)33-18-10-14(24)8-9-17(18)25/h8-11,13H,5-7,12H2,1-4H3,(H,26,30). The molecule has 188 valence electrons. The molecule has 1 N–H and O–H groups in total. The van der Waals surface area contributed by atoms with Gasteiger partial charge in [-0.25, -0.2) is 4.79 Å². The van der Waals surface area contributed by atoms with Crippen LogP contribution < -0.4 is 10.1 Å².